The van der Waals surface area contributed by atoms with Gasteiger partial charge in [0.05, 0.1) is 6.61 Å². The average Bonchev–Trinajstić information content (AvgIpc) is 2.78. The van der Waals surface area contributed by atoms with E-state index in [1.807, 2.05) is 6.08 Å². The summed E-state index contributed by atoms with van der Waals surface area (Å²) in [7, 11) is 0. The van der Waals surface area contributed by atoms with E-state index in [0.29, 0.717) is 0 Å². The Kier molecular flexibility index (Phi) is 13.2. The van der Waals surface area contributed by atoms with Gasteiger partial charge in [-0.25, -0.2) is 0 Å². The summed E-state index contributed by atoms with van der Waals surface area (Å²) in [5, 5.41) is 0. The van der Waals surface area contributed by atoms with E-state index in [1.54, 1.807) is 0 Å². The molecule has 0 aromatic heterocycles. The van der Waals surface area contributed by atoms with E-state index in [4.69, 9.17) is 9.47 Å². The van der Waals surface area contributed by atoms with Gasteiger partial charge in [-0.15, -0.1) is 6.58 Å². The average molecular weight is 471 g/mol. The van der Waals surface area contributed by atoms with Crippen molar-refractivity contribution in [2.45, 2.75) is 130 Å². The summed E-state index contributed by atoms with van der Waals surface area (Å²) in [4.78, 5) is 0. The minimum absolute atomic E-state index is 0.0231. The first kappa shape index (κ1) is 28.8. The normalized spacial score (nSPS) is 19.4. The third kappa shape index (κ3) is 11.3. The van der Waals surface area contributed by atoms with E-state index < -0.39 is 0 Å². The van der Waals surface area contributed by atoms with Gasteiger partial charge in [0.25, 0.3) is 0 Å². The van der Waals surface area contributed by atoms with Crippen molar-refractivity contribution in [3.05, 3.63) is 36.4 Å². The predicted octanol–water partition coefficient (Wildman–Crippen LogP) is 9.94. The quantitative estimate of drug-likeness (QED) is 0.157. The van der Waals surface area contributed by atoms with Crippen molar-refractivity contribution in [1.82, 2.24) is 0 Å². The van der Waals surface area contributed by atoms with Gasteiger partial charge in [0.1, 0.15) is 17.1 Å². The number of benzene rings is 1. The molecule has 34 heavy (non-hydrogen) atoms. The van der Waals surface area contributed by atoms with Crippen LogP contribution in [-0.2, 0) is 6.42 Å². The zero-order valence-corrected chi connectivity index (χ0v) is 23.2. The van der Waals surface area contributed by atoms with Crippen LogP contribution in [0.2, 0.25) is 0 Å². The predicted molar refractivity (Wildman–Crippen MR) is 148 cm³/mol. The third-order valence-corrected chi connectivity index (χ3v) is 7.66. The maximum Gasteiger partial charge on any atom is 0.123 e. The van der Waals surface area contributed by atoms with Gasteiger partial charge in [0.15, 0.2) is 0 Å². The summed E-state index contributed by atoms with van der Waals surface area (Å²) in [6, 6.07) is 6.38. The second-order valence-corrected chi connectivity index (χ2v) is 11.8. The molecule has 2 rings (SSSR count). The highest BCUT2D eigenvalue weighted by atomic mass is 16.5. The van der Waals surface area contributed by atoms with Crippen LogP contribution in [0, 0.1) is 17.8 Å². The Bertz CT molecular complexity index is 694. The van der Waals surface area contributed by atoms with Crippen molar-refractivity contribution < 1.29 is 9.47 Å². The molecule has 2 heteroatoms. The topological polar surface area (TPSA) is 18.5 Å². The molecular weight excluding hydrogens is 416 g/mol. The second-order valence-electron chi connectivity index (χ2n) is 11.8. The summed E-state index contributed by atoms with van der Waals surface area (Å²) in [5.41, 5.74) is 1.28. The molecule has 1 aliphatic rings. The Morgan fingerprint density at radius 3 is 2.29 bits per heavy atom. The molecule has 2 nitrogen and oxygen atoms in total. The van der Waals surface area contributed by atoms with Gasteiger partial charge in [0.2, 0.25) is 0 Å². The first-order chi connectivity index (χ1) is 16.3. The lowest BCUT2D eigenvalue weighted by Gasteiger charge is -2.36. The van der Waals surface area contributed by atoms with Crippen LogP contribution in [-0.4, -0.2) is 12.2 Å². The standard InChI is InChI=1S/C32H54O2/c1-7-8-9-10-24-33-30-19-20-31-29(25-30)21-23-32(6,34-31)22-13-18-28(5)17-12-16-27(4)15-11-14-26(2)3/h7,19-20,25-28H,1,8-18,21-24H2,2-6H3/t27-,28-,32-/m1/s1. The second kappa shape index (κ2) is 15.5. The summed E-state index contributed by atoms with van der Waals surface area (Å²) in [6.07, 6.45) is 19.6. The molecule has 0 N–H and O–H groups in total. The summed E-state index contributed by atoms with van der Waals surface area (Å²) < 4.78 is 12.5. The minimum atomic E-state index is -0.0231. The first-order valence-corrected chi connectivity index (χ1v) is 14.4. The zero-order valence-electron chi connectivity index (χ0n) is 23.2. The number of unbranched alkanes of at least 4 members (excludes halogenated alkanes) is 2. The molecule has 0 bridgehead atoms. The number of fused-ring (bicyclic) bond motifs is 1. The number of hydrogen-bond acceptors (Lipinski definition) is 2. The van der Waals surface area contributed by atoms with Crippen molar-refractivity contribution in [3.63, 3.8) is 0 Å². The van der Waals surface area contributed by atoms with E-state index in [0.717, 1.165) is 74.4 Å². The number of aryl methyl sites for hydroxylation is 1. The fourth-order valence-electron chi connectivity index (χ4n) is 5.22. The minimum Gasteiger partial charge on any atom is -0.494 e. The zero-order chi connectivity index (χ0) is 24.8. The van der Waals surface area contributed by atoms with Crippen LogP contribution in [0.25, 0.3) is 0 Å². The van der Waals surface area contributed by atoms with Crippen LogP contribution < -0.4 is 9.47 Å². The third-order valence-electron chi connectivity index (χ3n) is 7.66. The molecule has 3 atom stereocenters. The van der Waals surface area contributed by atoms with E-state index >= 15 is 0 Å². The number of ether oxygens (including phenoxy) is 2. The molecule has 0 unspecified atom stereocenters. The molecule has 0 aliphatic carbocycles. The molecular formula is C32H54O2. The van der Waals surface area contributed by atoms with Crippen molar-refractivity contribution in [3.8, 4) is 11.5 Å². The van der Waals surface area contributed by atoms with Gasteiger partial charge in [-0.2, -0.15) is 0 Å². The van der Waals surface area contributed by atoms with Crippen LogP contribution in [0.15, 0.2) is 30.9 Å². The fraction of sp³-hybridized carbons (Fsp3) is 0.750. The van der Waals surface area contributed by atoms with Crippen molar-refractivity contribution >= 4 is 0 Å². The summed E-state index contributed by atoms with van der Waals surface area (Å²) >= 11 is 0. The molecule has 1 heterocycles. The van der Waals surface area contributed by atoms with Gasteiger partial charge in [-0.1, -0.05) is 78.7 Å². The Morgan fingerprint density at radius 2 is 1.62 bits per heavy atom. The highest BCUT2D eigenvalue weighted by molar-refractivity contribution is 5.42. The number of rotatable bonds is 18. The molecule has 0 radical (unpaired) electrons. The first-order valence-electron chi connectivity index (χ1n) is 14.4. The van der Waals surface area contributed by atoms with Crippen LogP contribution in [0.4, 0.5) is 0 Å². The maximum absolute atomic E-state index is 6.51. The molecule has 1 aromatic rings. The number of hydrogen-bond donors (Lipinski definition) is 0. The van der Waals surface area contributed by atoms with Crippen molar-refractivity contribution in [2.24, 2.45) is 17.8 Å². The van der Waals surface area contributed by atoms with Gasteiger partial charge < -0.3 is 9.47 Å². The molecule has 0 spiro atoms. The lowest BCUT2D eigenvalue weighted by atomic mass is 9.86. The van der Waals surface area contributed by atoms with Gasteiger partial charge in [-0.3, -0.25) is 0 Å². The maximum atomic E-state index is 6.51. The summed E-state index contributed by atoms with van der Waals surface area (Å²) in [5.74, 6) is 4.61. The Labute approximate surface area is 211 Å². The summed E-state index contributed by atoms with van der Waals surface area (Å²) in [6.45, 7) is 16.4. The smallest absolute Gasteiger partial charge is 0.123 e. The monoisotopic (exact) mass is 470 g/mol. The Balaban J connectivity index is 1.64. The van der Waals surface area contributed by atoms with Gasteiger partial charge >= 0.3 is 0 Å². The van der Waals surface area contributed by atoms with Crippen LogP contribution in [0.3, 0.4) is 0 Å². The lowest BCUT2D eigenvalue weighted by Crippen LogP contribution is -2.36. The highest BCUT2D eigenvalue weighted by Crippen LogP contribution is 2.38. The van der Waals surface area contributed by atoms with Crippen LogP contribution in [0.1, 0.15) is 124 Å². The van der Waals surface area contributed by atoms with Crippen molar-refractivity contribution in [1.29, 1.82) is 0 Å². The van der Waals surface area contributed by atoms with Gasteiger partial charge in [0, 0.05) is 0 Å². The fourth-order valence-corrected chi connectivity index (χ4v) is 5.22. The molecule has 1 aromatic carbocycles. The Morgan fingerprint density at radius 1 is 0.941 bits per heavy atom. The highest BCUT2D eigenvalue weighted by Gasteiger charge is 2.31. The number of allylic oxidation sites excluding steroid dienone is 1. The molecule has 0 amide bonds. The lowest BCUT2D eigenvalue weighted by molar-refractivity contribution is 0.0523. The largest absolute Gasteiger partial charge is 0.494 e. The molecule has 0 saturated carbocycles. The van der Waals surface area contributed by atoms with Crippen LogP contribution in [0.5, 0.6) is 11.5 Å². The molecule has 0 fully saturated rings. The van der Waals surface area contributed by atoms with E-state index in [9.17, 15) is 0 Å². The van der Waals surface area contributed by atoms with E-state index in [2.05, 4.69) is 59.4 Å². The van der Waals surface area contributed by atoms with Crippen molar-refractivity contribution in [2.75, 3.05) is 6.61 Å². The van der Waals surface area contributed by atoms with E-state index in [-0.39, 0.29) is 5.60 Å². The Hall–Kier alpha value is -1.44. The van der Waals surface area contributed by atoms with Crippen LogP contribution >= 0.6 is 0 Å². The van der Waals surface area contributed by atoms with Gasteiger partial charge in [-0.05, 0) is 93.4 Å². The molecule has 194 valence electrons. The molecule has 1 aliphatic heterocycles. The SMILES string of the molecule is C=CCCCCOc1ccc2c(c1)CC[C@@](C)(CCC[C@H](C)CCC[C@H](C)CCCC(C)C)O2. The van der Waals surface area contributed by atoms with E-state index in [1.165, 1.54) is 56.9 Å². The molecule has 0 saturated heterocycles.